The zero-order valence-electron chi connectivity index (χ0n) is 10.9. The molecule has 3 N–H and O–H groups in total. The fourth-order valence-electron chi connectivity index (χ4n) is 1.99. The molecule has 18 heavy (non-hydrogen) atoms. The van der Waals surface area contributed by atoms with Crippen molar-refractivity contribution in [1.29, 1.82) is 0 Å². The second-order valence-corrected chi connectivity index (χ2v) is 5.43. The van der Waals surface area contributed by atoms with E-state index >= 15 is 0 Å². The van der Waals surface area contributed by atoms with Gasteiger partial charge in [-0.05, 0) is 31.2 Å². The van der Waals surface area contributed by atoms with Gasteiger partial charge in [0, 0.05) is 11.1 Å². The normalized spacial score (nSPS) is 18.3. The maximum absolute atomic E-state index is 10.3. The van der Waals surface area contributed by atoms with Gasteiger partial charge in [-0.15, -0.1) is 11.8 Å². The third-order valence-corrected chi connectivity index (χ3v) is 4.16. The number of aliphatic hydroxyl groups excluding tert-OH is 1. The van der Waals surface area contributed by atoms with Gasteiger partial charge in [0.15, 0.2) is 0 Å². The number of nitrogens with two attached hydrogens (primary N) is 1. The van der Waals surface area contributed by atoms with Gasteiger partial charge < -0.3 is 20.3 Å². The summed E-state index contributed by atoms with van der Waals surface area (Å²) in [6.45, 7) is 0. The molecular formula is C13H19NO3S. The van der Waals surface area contributed by atoms with Crippen LogP contribution in [0.1, 0.15) is 24.5 Å². The van der Waals surface area contributed by atoms with Crippen molar-refractivity contribution in [2.24, 2.45) is 5.73 Å². The smallest absolute Gasteiger partial charge is 0.133 e. The number of methoxy groups -OCH3 is 2. The first-order valence-corrected chi connectivity index (χ1v) is 7.05. The lowest BCUT2D eigenvalue weighted by Crippen LogP contribution is -2.30. The summed E-state index contributed by atoms with van der Waals surface area (Å²) in [4.78, 5) is 0.979. The molecule has 0 radical (unpaired) electrons. The van der Waals surface area contributed by atoms with Crippen LogP contribution in [0.3, 0.4) is 0 Å². The van der Waals surface area contributed by atoms with Crippen molar-refractivity contribution in [3.05, 3.63) is 17.7 Å². The summed E-state index contributed by atoms with van der Waals surface area (Å²) in [5.74, 6) is 1.39. The highest BCUT2D eigenvalue weighted by atomic mass is 32.2. The lowest BCUT2D eigenvalue weighted by Gasteiger charge is -2.22. The highest BCUT2D eigenvalue weighted by Gasteiger charge is 2.46. The summed E-state index contributed by atoms with van der Waals surface area (Å²) < 4.78 is 10.7. The average molecular weight is 269 g/mol. The van der Waals surface area contributed by atoms with Gasteiger partial charge in [0.25, 0.3) is 0 Å². The van der Waals surface area contributed by atoms with E-state index in [0.29, 0.717) is 11.3 Å². The van der Waals surface area contributed by atoms with E-state index in [9.17, 15) is 5.11 Å². The SMILES string of the molecule is COc1cc(C(O)C2(N)CC2)c(OC)cc1SC. The summed E-state index contributed by atoms with van der Waals surface area (Å²) in [5.41, 5.74) is 6.26. The zero-order valence-corrected chi connectivity index (χ0v) is 11.7. The quantitative estimate of drug-likeness (QED) is 0.800. The van der Waals surface area contributed by atoms with Crippen molar-refractivity contribution in [3.8, 4) is 11.5 Å². The Morgan fingerprint density at radius 3 is 2.33 bits per heavy atom. The van der Waals surface area contributed by atoms with E-state index in [1.165, 1.54) is 0 Å². The van der Waals surface area contributed by atoms with Crippen LogP contribution in [0.4, 0.5) is 0 Å². The topological polar surface area (TPSA) is 64.7 Å². The number of hydrogen-bond acceptors (Lipinski definition) is 5. The molecule has 0 aromatic heterocycles. The molecule has 0 aliphatic heterocycles. The highest BCUT2D eigenvalue weighted by Crippen LogP contribution is 2.47. The Morgan fingerprint density at radius 2 is 1.89 bits per heavy atom. The first-order valence-electron chi connectivity index (χ1n) is 5.82. The highest BCUT2D eigenvalue weighted by molar-refractivity contribution is 7.98. The number of ether oxygens (including phenoxy) is 2. The minimum atomic E-state index is -0.711. The van der Waals surface area contributed by atoms with Crippen LogP contribution in [0.25, 0.3) is 0 Å². The van der Waals surface area contributed by atoms with E-state index in [0.717, 1.165) is 23.5 Å². The fraction of sp³-hybridized carbons (Fsp3) is 0.538. The van der Waals surface area contributed by atoms with Crippen LogP contribution in [0.2, 0.25) is 0 Å². The summed E-state index contributed by atoms with van der Waals surface area (Å²) in [7, 11) is 3.21. The van der Waals surface area contributed by atoms with Crippen LogP contribution in [-0.2, 0) is 0 Å². The second kappa shape index (κ2) is 4.99. The third kappa shape index (κ3) is 2.30. The van der Waals surface area contributed by atoms with Crippen LogP contribution < -0.4 is 15.2 Å². The van der Waals surface area contributed by atoms with Gasteiger partial charge in [0.05, 0.1) is 19.1 Å². The van der Waals surface area contributed by atoms with Crippen LogP contribution in [0, 0.1) is 0 Å². The standard InChI is InChI=1S/C13H19NO3S/c1-16-9-7-11(18-3)10(17-2)6-8(9)12(15)13(14)4-5-13/h6-7,12,15H,4-5,14H2,1-3H3. The van der Waals surface area contributed by atoms with Crippen molar-refractivity contribution >= 4 is 11.8 Å². The Kier molecular flexibility index (Phi) is 3.75. The molecule has 5 heteroatoms. The van der Waals surface area contributed by atoms with Gasteiger partial charge in [-0.1, -0.05) is 0 Å². The van der Waals surface area contributed by atoms with Gasteiger partial charge in [0.2, 0.25) is 0 Å². The molecule has 0 saturated heterocycles. The van der Waals surface area contributed by atoms with Gasteiger partial charge >= 0.3 is 0 Å². The first kappa shape index (κ1) is 13.5. The zero-order chi connectivity index (χ0) is 13.3. The molecule has 0 spiro atoms. The Labute approximate surface area is 111 Å². The number of hydrogen-bond donors (Lipinski definition) is 2. The van der Waals surface area contributed by atoms with Crippen molar-refractivity contribution < 1.29 is 14.6 Å². The molecule has 1 aliphatic rings. The summed E-state index contributed by atoms with van der Waals surface area (Å²) in [6.07, 6.45) is 2.93. The van der Waals surface area contributed by atoms with Gasteiger partial charge in [0.1, 0.15) is 17.6 Å². The lowest BCUT2D eigenvalue weighted by molar-refractivity contribution is 0.132. The number of benzene rings is 1. The third-order valence-electron chi connectivity index (χ3n) is 3.40. The van der Waals surface area contributed by atoms with Crippen LogP contribution in [0.15, 0.2) is 17.0 Å². The molecule has 0 amide bonds. The Morgan fingerprint density at radius 1 is 1.28 bits per heavy atom. The van der Waals surface area contributed by atoms with Crippen molar-refractivity contribution in [2.45, 2.75) is 29.4 Å². The molecule has 1 saturated carbocycles. The van der Waals surface area contributed by atoms with Crippen LogP contribution >= 0.6 is 11.8 Å². The minimum absolute atomic E-state index is 0.501. The van der Waals surface area contributed by atoms with Gasteiger partial charge in [-0.25, -0.2) is 0 Å². The molecule has 0 heterocycles. The summed E-state index contributed by atoms with van der Waals surface area (Å²) in [6, 6.07) is 3.70. The van der Waals surface area contributed by atoms with E-state index in [2.05, 4.69) is 0 Å². The van der Waals surface area contributed by atoms with Gasteiger partial charge in [-0.2, -0.15) is 0 Å². The Hall–Kier alpha value is -0.910. The largest absolute Gasteiger partial charge is 0.496 e. The molecular weight excluding hydrogens is 250 g/mol. The van der Waals surface area contributed by atoms with Crippen molar-refractivity contribution in [3.63, 3.8) is 0 Å². The maximum atomic E-state index is 10.3. The first-order chi connectivity index (χ1) is 8.55. The van der Waals surface area contributed by atoms with Crippen LogP contribution in [0.5, 0.6) is 11.5 Å². The predicted molar refractivity (Wildman–Crippen MR) is 72.4 cm³/mol. The molecule has 1 unspecified atom stereocenters. The minimum Gasteiger partial charge on any atom is -0.496 e. The van der Waals surface area contributed by atoms with Crippen molar-refractivity contribution in [1.82, 2.24) is 0 Å². The molecule has 1 aromatic rings. The lowest BCUT2D eigenvalue weighted by atomic mass is 10.00. The molecule has 100 valence electrons. The Balaban J connectivity index is 2.44. The van der Waals surface area contributed by atoms with E-state index in [4.69, 9.17) is 15.2 Å². The van der Waals surface area contributed by atoms with E-state index in [1.54, 1.807) is 26.0 Å². The Bertz CT molecular complexity index is 446. The van der Waals surface area contributed by atoms with Gasteiger partial charge in [-0.3, -0.25) is 0 Å². The van der Waals surface area contributed by atoms with E-state index < -0.39 is 11.6 Å². The predicted octanol–water partition coefficient (Wildman–Crippen LogP) is 1.95. The van der Waals surface area contributed by atoms with E-state index in [1.807, 2.05) is 18.4 Å². The molecule has 2 rings (SSSR count). The molecule has 4 nitrogen and oxygen atoms in total. The molecule has 1 aromatic carbocycles. The van der Waals surface area contributed by atoms with Crippen LogP contribution in [-0.4, -0.2) is 31.1 Å². The molecule has 1 aliphatic carbocycles. The number of rotatable bonds is 5. The number of aliphatic hydroxyl groups is 1. The molecule has 0 bridgehead atoms. The molecule has 1 atom stereocenters. The number of thioether (sulfide) groups is 1. The summed E-state index contributed by atoms with van der Waals surface area (Å²) in [5, 5.41) is 10.3. The molecule has 1 fully saturated rings. The van der Waals surface area contributed by atoms with E-state index in [-0.39, 0.29) is 0 Å². The maximum Gasteiger partial charge on any atom is 0.133 e. The second-order valence-electron chi connectivity index (χ2n) is 4.58. The summed E-state index contributed by atoms with van der Waals surface area (Å²) >= 11 is 1.58. The monoisotopic (exact) mass is 269 g/mol. The fourth-order valence-corrected chi connectivity index (χ4v) is 2.56. The van der Waals surface area contributed by atoms with Crippen molar-refractivity contribution in [2.75, 3.05) is 20.5 Å². The average Bonchev–Trinajstić information content (AvgIpc) is 3.15.